The molecule has 1 saturated heterocycles. The lowest BCUT2D eigenvalue weighted by Crippen LogP contribution is -2.30. The number of nitro benzene ring substituents is 1. The number of anilines is 1. The van der Waals surface area contributed by atoms with Gasteiger partial charge in [-0.05, 0) is 49.2 Å². The van der Waals surface area contributed by atoms with E-state index in [-0.39, 0.29) is 28.7 Å². The lowest BCUT2D eigenvalue weighted by molar-refractivity contribution is -0.384. The number of benzene rings is 3. The molecule has 218 valence electrons. The first-order valence-corrected chi connectivity index (χ1v) is 13.6. The molecule has 1 aliphatic heterocycles. The zero-order chi connectivity index (χ0) is 30.4. The molecular formula is C29H29N5O7S. The van der Waals surface area contributed by atoms with Crippen LogP contribution in [-0.2, 0) is 9.59 Å². The highest BCUT2D eigenvalue weighted by Gasteiger charge is 2.40. The molecule has 12 nitrogen and oxygen atoms in total. The predicted octanol–water partition coefficient (Wildman–Crippen LogP) is 5.23. The highest BCUT2D eigenvalue weighted by Crippen LogP contribution is 2.35. The van der Waals surface area contributed by atoms with Gasteiger partial charge in [-0.3, -0.25) is 19.7 Å². The fourth-order valence-electron chi connectivity index (χ4n) is 4.14. The molecule has 3 aromatic rings. The smallest absolute Gasteiger partial charge is 0.271 e. The van der Waals surface area contributed by atoms with Crippen molar-refractivity contribution in [2.24, 2.45) is 10.1 Å². The second-order valence-corrected chi connectivity index (χ2v) is 10.3. The van der Waals surface area contributed by atoms with E-state index in [1.165, 1.54) is 45.7 Å². The summed E-state index contributed by atoms with van der Waals surface area (Å²) in [6.45, 7) is 3.90. The Kier molecular flexibility index (Phi) is 9.42. The van der Waals surface area contributed by atoms with Crippen LogP contribution < -0.4 is 19.5 Å². The van der Waals surface area contributed by atoms with Crippen LogP contribution >= 0.6 is 11.8 Å². The van der Waals surface area contributed by atoms with Crippen LogP contribution in [0.5, 0.6) is 17.2 Å². The Bertz CT molecular complexity index is 1590. The summed E-state index contributed by atoms with van der Waals surface area (Å²) in [5, 5.41) is 18.9. The summed E-state index contributed by atoms with van der Waals surface area (Å²) in [6.07, 6.45) is 1.23. The first-order valence-electron chi connectivity index (χ1n) is 12.7. The van der Waals surface area contributed by atoms with Crippen molar-refractivity contribution in [3.63, 3.8) is 0 Å². The van der Waals surface area contributed by atoms with Crippen molar-refractivity contribution in [1.29, 1.82) is 0 Å². The van der Waals surface area contributed by atoms with Gasteiger partial charge in [-0.25, -0.2) is 4.99 Å². The molecule has 13 heteroatoms. The molecule has 1 fully saturated rings. The Morgan fingerprint density at radius 1 is 1.07 bits per heavy atom. The van der Waals surface area contributed by atoms with Gasteiger partial charge in [0.25, 0.3) is 11.6 Å². The lowest BCUT2D eigenvalue weighted by Gasteiger charge is -2.13. The summed E-state index contributed by atoms with van der Waals surface area (Å²) in [6, 6.07) is 14.8. The molecule has 1 unspecified atom stereocenters. The topological polar surface area (TPSA) is 145 Å². The van der Waals surface area contributed by atoms with Crippen molar-refractivity contribution in [2.75, 3.05) is 26.6 Å². The second-order valence-electron chi connectivity index (χ2n) is 9.09. The third-order valence-electron chi connectivity index (χ3n) is 6.49. The van der Waals surface area contributed by atoms with E-state index in [1.807, 2.05) is 32.0 Å². The number of thioether (sulfide) groups is 1. The Morgan fingerprint density at radius 3 is 2.50 bits per heavy atom. The van der Waals surface area contributed by atoms with Gasteiger partial charge in [0.05, 0.1) is 43.8 Å². The number of methoxy groups -OCH3 is 3. The number of amidine groups is 1. The molecule has 1 atom stereocenters. The fourth-order valence-corrected chi connectivity index (χ4v) is 5.22. The van der Waals surface area contributed by atoms with Crippen LogP contribution in [0.15, 0.2) is 64.7 Å². The number of para-hydroxylation sites is 1. The van der Waals surface area contributed by atoms with E-state index in [0.717, 1.165) is 27.9 Å². The number of carbonyl (C=O) groups is 2. The summed E-state index contributed by atoms with van der Waals surface area (Å²) >= 11 is 1.10. The van der Waals surface area contributed by atoms with Crippen molar-refractivity contribution in [2.45, 2.75) is 25.5 Å². The number of rotatable bonds is 10. The number of hydrazone groups is 1. The molecule has 0 aromatic heterocycles. The molecule has 2 amide bonds. The molecule has 0 bridgehead atoms. The standard InChI is InChI=1S/C29H29N5O7S/c1-17-8-6-10-21(18(17)2)32-29-33(30-16-19-9-7-11-24(40-4)27(19)41-5)28(36)25(42-29)15-26(35)31-22-14-20(34(37)38)12-13-23(22)39-3/h6-14,16,25H,15H2,1-5H3,(H,31,35)/b30-16+,32-29?. The number of amides is 2. The van der Waals surface area contributed by atoms with E-state index in [1.54, 1.807) is 18.2 Å². The van der Waals surface area contributed by atoms with E-state index in [4.69, 9.17) is 19.2 Å². The summed E-state index contributed by atoms with van der Waals surface area (Å²) in [5.74, 6) is 0.196. The average Bonchev–Trinajstić information content (AvgIpc) is 3.26. The summed E-state index contributed by atoms with van der Waals surface area (Å²) < 4.78 is 16.1. The van der Waals surface area contributed by atoms with Gasteiger partial charge in [0.2, 0.25) is 5.91 Å². The summed E-state index contributed by atoms with van der Waals surface area (Å²) in [5.41, 5.74) is 3.11. The Hall–Kier alpha value is -4.91. The molecule has 42 heavy (non-hydrogen) atoms. The van der Waals surface area contributed by atoms with Crippen molar-refractivity contribution in [1.82, 2.24) is 5.01 Å². The number of aryl methyl sites for hydroxylation is 1. The van der Waals surface area contributed by atoms with Crippen LogP contribution in [0.2, 0.25) is 0 Å². The third kappa shape index (κ3) is 6.52. The fraction of sp³-hybridized carbons (Fsp3) is 0.241. The number of nitrogens with zero attached hydrogens (tertiary/aromatic N) is 4. The average molecular weight is 592 g/mol. The number of nitro groups is 1. The van der Waals surface area contributed by atoms with E-state index in [2.05, 4.69) is 10.4 Å². The zero-order valence-corrected chi connectivity index (χ0v) is 24.4. The van der Waals surface area contributed by atoms with E-state index in [9.17, 15) is 19.7 Å². The van der Waals surface area contributed by atoms with Gasteiger partial charge in [-0.15, -0.1) is 0 Å². The first kappa shape index (κ1) is 30.1. The largest absolute Gasteiger partial charge is 0.495 e. The second kappa shape index (κ2) is 13.2. The van der Waals surface area contributed by atoms with Crippen LogP contribution in [0.1, 0.15) is 23.1 Å². The maximum Gasteiger partial charge on any atom is 0.271 e. The van der Waals surface area contributed by atoms with Gasteiger partial charge in [0.1, 0.15) is 11.0 Å². The minimum Gasteiger partial charge on any atom is -0.495 e. The van der Waals surface area contributed by atoms with Gasteiger partial charge in [-0.2, -0.15) is 10.1 Å². The van der Waals surface area contributed by atoms with E-state index in [0.29, 0.717) is 22.7 Å². The Labute approximate surface area is 246 Å². The number of ether oxygens (including phenoxy) is 3. The molecule has 1 aliphatic rings. The van der Waals surface area contributed by atoms with Crippen molar-refractivity contribution < 1.29 is 28.7 Å². The summed E-state index contributed by atoms with van der Waals surface area (Å²) in [7, 11) is 4.41. The number of non-ortho nitro benzene ring substituents is 1. The zero-order valence-electron chi connectivity index (χ0n) is 23.6. The van der Waals surface area contributed by atoms with Gasteiger partial charge in [0.15, 0.2) is 16.7 Å². The molecule has 1 heterocycles. The minimum atomic E-state index is -0.858. The normalized spacial score (nSPS) is 15.7. The quantitative estimate of drug-likeness (QED) is 0.192. The monoisotopic (exact) mass is 591 g/mol. The summed E-state index contributed by atoms with van der Waals surface area (Å²) in [4.78, 5) is 42.0. The molecule has 0 saturated carbocycles. The van der Waals surface area contributed by atoms with Crippen LogP contribution in [0.25, 0.3) is 0 Å². The maximum absolute atomic E-state index is 13.6. The van der Waals surface area contributed by atoms with Gasteiger partial charge < -0.3 is 19.5 Å². The Balaban J connectivity index is 1.64. The van der Waals surface area contributed by atoms with Gasteiger partial charge in [-0.1, -0.05) is 30.0 Å². The number of aliphatic imine (C=N–C) groups is 1. The van der Waals surface area contributed by atoms with Crippen LogP contribution in [-0.4, -0.2) is 59.7 Å². The number of hydrogen-bond acceptors (Lipinski definition) is 10. The Morgan fingerprint density at radius 2 is 1.81 bits per heavy atom. The van der Waals surface area contributed by atoms with Crippen LogP contribution in [0, 0.1) is 24.0 Å². The molecule has 0 radical (unpaired) electrons. The van der Waals surface area contributed by atoms with Crippen molar-refractivity contribution in [3.05, 3.63) is 81.4 Å². The molecule has 3 aromatic carbocycles. The van der Waals surface area contributed by atoms with Crippen molar-refractivity contribution in [3.8, 4) is 17.2 Å². The lowest BCUT2D eigenvalue weighted by atomic mass is 10.1. The SMILES string of the molecule is COc1ccc([N+](=O)[O-])cc1NC(=O)CC1SC(=Nc2cccc(C)c2C)N(/N=C/c2cccc(OC)c2OC)C1=O. The van der Waals surface area contributed by atoms with Gasteiger partial charge >= 0.3 is 0 Å². The number of hydrogen-bond donors (Lipinski definition) is 1. The number of carbonyl (C=O) groups excluding carboxylic acids is 2. The molecule has 0 spiro atoms. The van der Waals surface area contributed by atoms with Gasteiger partial charge in [0, 0.05) is 24.1 Å². The maximum atomic E-state index is 13.6. The number of nitrogens with one attached hydrogen (secondary N) is 1. The van der Waals surface area contributed by atoms with E-state index < -0.39 is 22.0 Å². The first-order chi connectivity index (χ1) is 20.2. The highest BCUT2D eigenvalue weighted by molar-refractivity contribution is 8.15. The molecule has 4 rings (SSSR count). The predicted molar refractivity (Wildman–Crippen MR) is 161 cm³/mol. The van der Waals surface area contributed by atoms with Crippen molar-refractivity contribution >= 4 is 52.0 Å². The van der Waals surface area contributed by atoms with Crippen LogP contribution in [0.3, 0.4) is 0 Å². The molecule has 0 aliphatic carbocycles. The molecule has 1 N–H and O–H groups in total. The molecular weight excluding hydrogens is 562 g/mol. The highest BCUT2D eigenvalue weighted by atomic mass is 32.2. The van der Waals surface area contributed by atoms with Crippen LogP contribution in [0.4, 0.5) is 17.1 Å². The minimum absolute atomic E-state index is 0.122. The third-order valence-corrected chi connectivity index (χ3v) is 7.62. The van der Waals surface area contributed by atoms with E-state index >= 15 is 0 Å².